The first-order chi connectivity index (χ1) is 14.8. The molecule has 3 aromatic rings. The Morgan fingerprint density at radius 1 is 1.00 bits per heavy atom. The summed E-state index contributed by atoms with van der Waals surface area (Å²) in [5, 5.41) is 10.1. The summed E-state index contributed by atoms with van der Waals surface area (Å²) in [6.45, 7) is 4.96. The molecule has 1 fully saturated rings. The first kappa shape index (κ1) is 21.3. The summed E-state index contributed by atoms with van der Waals surface area (Å²) < 4.78 is 0. The summed E-state index contributed by atoms with van der Waals surface area (Å²) >= 11 is 0. The Bertz CT molecular complexity index is 1050. The molecule has 4 rings (SSSR count). The van der Waals surface area contributed by atoms with E-state index in [0.717, 1.165) is 34.2 Å². The maximum atomic E-state index is 13.0. The number of hydrogen-bond donors (Lipinski definition) is 2. The minimum absolute atomic E-state index is 0.0391. The molecule has 1 aliphatic rings. The predicted molar refractivity (Wildman–Crippen MR) is 126 cm³/mol. The lowest BCUT2D eigenvalue weighted by Gasteiger charge is -2.19. The SMILES string of the molecule is CC(C)(O)Cc1ccc(-c2ccc(C(=O)N3CC[C@H](N)C3)cc2-c2ccccc2)cc1. The molecule has 0 unspecified atom stereocenters. The quantitative estimate of drug-likeness (QED) is 0.646. The Kier molecular flexibility index (Phi) is 5.94. The molecule has 160 valence electrons. The standard InChI is InChI=1S/C27H30N2O2/c1-27(2,31)17-19-8-10-21(11-9-19)24-13-12-22(26(30)29-15-14-23(28)18-29)16-25(24)20-6-4-3-5-7-20/h3-13,16,23,31H,14-15,17-18,28H2,1-2H3/t23-/m0/s1. The van der Waals surface area contributed by atoms with Gasteiger partial charge in [-0.15, -0.1) is 0 Å². The minimum atomic E-state index is -0.739. The Labute approximate surface area is 184 Å². The van der Waals surface area contributed by atoms with E-state index < -0.39 is 5.60 Å². The van der Waals surface area contributed by atoms with Crippen LogP contribution in [0.4, 0.5) is 0 Å². The topological polar surface area (TPSA) is 66.6 Å². The lowest BCUT2D eigenvalue weighted by atomic mass is 9.91. The van der Waals surface area contributed by atoms with Crippen molar-refractivity contribution in [2.45, 2.75) is 38.3 Å². The number of aliphatic hydroxyl groups is 1. The predicted octanol–water partition coefficient (Wildman–Crippen LogP) is 4.51. The van der Waals surface area contributed by atoms with Gasteiger partial charge in [-0.2, -0.15) is 0 Å². The van der Waals surface area contributed by atoms with Gasteiger partial charge < -0.3 is 15.7 Å². The van der Waals surface area contributed by atoms with Crippen LogP contribution in [0.5, 0.6) is 0 Å². The average Bonchev–Trinajstić information content (AvgIpc) is 3.19. The number of amides is 1. The van der Waals surface area contributed by atoms with Gasteiger partial charge in [0, 0.05) is 31.1 Å². The molecule has 3 aromatic carbocycles. The molecule has 1 amide bonds. The highest BCUT2D eigenvalue weighted by atomic mass is 16.3. The van der Waals surface area contributed by atoms with Gasteiger partial charge in [0.1, 0.15) is 0 Å². The number of carbonyl (C=O) groups is 1. The van der Waals surface area contributed by atoms with E-state index in [-0.39, 0.29) is 11.9 Å². The van der Waals surface area contributed by atoms with Crippen molar-refractivity contribution < 1.29 is 9.90 Å². The van der Waals surface area contributed by atoms with Gasteiger partial charge in [0.05, 0.1) is 5.60 Å². The van der Waals surface area contributed by atoms with Crippen LogP contribution in [0, 0.1) is 0 Å². The summed E-state index contributed by atoms with van der Waals surface area (Å²) in [6, 6.07) is 24.5. The van der Waals surface area contributed by atoms with Gasteiger partial charge in [0.25, 0.3) is 5.91 Å². The fourth-order valence-electron chi connectivity index (χ4n) is 4.24. The lowest BCUT2D eigenvalue weighted by molar-refractivity contribution is 0.0788. The molecule has 4 nitrogen and oxygen atoms in total. The first-order valence-electron chi connectivity index (χ1n) is 10.9. The van der Waals surface area contributed by atoms with Crippen molar-refractivity contribution in [3.63, 3.8) is 0 Å². The second-order valence-corrected chi connectivity index (χ2v) is 9.11. The van der Waals surface area contributed by atoms with Gasteiger partial charge in [-0.3, -0.25) is 4.79 Å². The van der Waals surface area contributed by atoms with Gasteiger partial charge in [-0.25, -0.2) is 0 Å². The van der Waals surface area contributed by atoms with Crippen molar-refractivity contribution in [2.24, 2.45) is 5.73 Å². The van der Waals surface area contributed by atoms with Crippen molar-refractivity contribution in [2.75, 3.05) is 13.1 Å². The smallest absolute Gasteiger partial charge is 0.253 e. The van der Waals surface area contributed by atoms with E-state index in [0.29, 0.717) is 25.1 Å². The molecule has 0 saturated carbocycles. The normalized spacial score (nSPS) is 16.5. The van der Waals surface area contributed by atoms with E-state index in [9.17, 15) is 9.90 Å². The maximum absolute atomic E-state index is 13.0. The highest BCUT2D eigenvalue weighted by Crippen LogP contribution is 2.34. The molecule has 1 atom stereocenters. The number of rotatable bonds is 5. The molecule has 3 N–H and O–H groups in total. The maximum Gasteiger partial charge on any atom is 0.253 e. The van der Waals surface area contributed by atoms with Crippen LogP contribution < -0.4 is 5.73 Å². The van der Waals surface area contributed by atoms with Gasteiger partial charge in [0.15, 0.2) is 0 Å². The highest BCUT2D eigenvalue weighted by Gasteiger charge is 2.25. The third-order valence-electron chi connectivity index (χ3n) is 5.76. The second-order valence-electron chi connectivity index (χ2n) is 9.11. The van der Waals surface area contributed by atoms with Gasteiger partial charge in [0.2, 0.25) is 0 Å². The molecule has 0 aliphatic carbocycles. The molecule has 0 radical (unpaired) electrons. The van der Waals surface area contributed by atoms with E-state index in [1.54, 1.807) is 0 Å². The second kappa shape index (κ2) is 8.66. The summed E-state index contributed by atoms with van der Waals surface area (Å²) in [5.41, 5.74) is 11.3. The number of nitrogens with two attached hydrogens (primary N) is 1. The molecule has 0 aromatic heterocycles. The molecule has 1 aliphatic heterocycles. The summed E-state index contributed by atoms with van der Waals surface area (Å²) in [6.07, 6.45) is 1.45. The van der Waals surface area contributed by atoms with Crippen LogP contribution >= 0.6 is 0 Å². The first-order valence-corrected chi connectivity index (χ1v) is 10.9. The fourth-order valence-corrected chi connectivity index (χ4v) is 4.24. The molecular weight excluding hydrogens is 384 g/mol. The average molecular weight is 415 g/mol. The fraction of sp³-hybridized carbons (Fsp3) is 0.296. The van der Waals surface area contributed by atoms with E-state index in [1.165, 1.54) is 0 Å². The van der Waals surface area contributed by atoms with E-state index in [2.05, 4.69) is 36.4 Å². The largest absolute Gasteiger partial charge is 0.390 e. The van der Waals surface area contributed by atoms with Crippen molar-refractivity contribution in [3.05, 3.63) is 83.9 Å². The van der Waals surface area contributed by atoms with E-state index in [1.807, 2.05) is 55.1 Å². The van der Waals surface area contributed by atoms with Gasteiger partial charge in [-0.1, -0.05) is 60.7 Å². The van der Waals surface area contributed by atoms with Crippen LogP contribution in [-0.2, 0) is 6.42 Å². The van der Waals surface area contributed by atoms with Crippen LogP contribution in [0.1, 0.15) is 36.2 Å². The van der Waals surface area contributed by atoms with Crippen LogP contribution in [0.3, 0.4) is 0 Å². The third kappa shape index (κ3) is 5.04. The van der Waals surface area contributed by atoms with E-state index in [4.69, 9.17) is 5.73 Å². The highest BCUT2D eigenvalue weighted by molar-refractivity contribution is 5.98. The number of benzene rings is 3. The summed E-state index contributed by atoms with van der Waals surface area (Å²) in [5.74, 6) is 0.0391. The molecular formula is C27H30N2O2. The molecule has 31 heavy (non-hydrogen) atoms. The Balaban J connectivity index is 1.71. The van der Waals surface area contributed by atoms with Crippen LogP contribution in [0.15, 0.2) is 72.8 Å². The lowest BCUT2D eigenvalue weighted by Crippen LogP contribution is -2.31. The van der Waals surface area contributed by atoms with Gasteiger partial charge >= 0.3 is 0 Å². The van der Waals surface area contributed by atoms with Crippen molar-refractivity contribution in [3.8, 4) is 22.3 Å². The Morgan fingerprint density at radius 3 is 2.29 bits per heavy atom. The molecule has 1 saturated heterocycles. The van der Waals surface area contributed by atoms with Crippen LogP contribution in [0.2, 0.25) is 0 Å². The Morgan fingerprint density at radius 2 is 1.68 bits per heavy atom. The number of nitrogens with zero attached hydrogens (tertiary/aromatic N) is 1. The zero-order chi connectivity index (χ0) is 22.0. The van der Waals surface area contributed by atoms with Crippen LogP contribution in [0.25, 0.3) is 22.3 Å². The number of hydrogen-bond acceptors (Lipinski definition) is 3. The molecule has 1 heterocycles. The van der Waals surface area contributed by atoms with Crippen molar-refractivity contribution in [1.82, 2.24) is 4.90 Å². The summed E-state index contributed by atoms with van der Waals surface area (Å²) in [4.78, 5) is 14.9. The molecule has 4 heteroatoms. The van der Waals surface area contributed by atoms with Crippen molar-refractivity contribution >= 4 is 5.91 Å². The van der Waals surface area contributed by atoms with Gasteiger partial charge in [-0.05, 0) is 60.2 Å². The number of carbonyl (C=O) groups excluding carboxylic acids is 1. The zero-order valence-electron chi connectivity index (χ0n) is 18.2. The zero-order valence-corrected chi connectivity index (χ0v) is 18.2. The van der Waals surface area contributed by atoms with Crippen molar-refractivity contribution in [1.29, 1.82) is 0 Å². The minimum Gasteiger partial charge on any atom is -0.390 e. The Hall–Kier alpha value is -2.95. The van der Waals surface area contributed by atoms with E-state index >= 15 is 0 Å². The molecule has 0 bridgehead atoms. The number of likely N-dealkylation sites (tertiary alicyclic amines) is 1. The van der Waals surface area contributed by atoms with Crippen LogP contribution in [-0.4, -0.2) is 40.6 Å². The molecule has 0 spiro atoms. The third-order valence-corrected chi connectivity index (χ3v) is 5.76. The monoisotopic (exact) mass is 414 g/mol. The summed E-state index contributed by atoms with van der Waals surface area (Å²) in [7, 11) is 0.